The average molecular weight is 348 g/mol. The maximum atomic E-state index is 12.0. The Labute approximate surface area is 140 Å². The highest BCUT2D eigenvalue weighted by atomic mass is 32.2. The molecule has 0 N–H and O–H groups in total. The third-order valence-electron chi connectivity index (χ3n) is 2.74. The fourth-order valence-corrected chi connectivity index (χ4v) is 4.20. The van der Waals surface area contributed by atoms with Crippen LogP contribution >= 0.6 is 34.4 Å². The summed E-state index contributed by atoms with van der Waals surface area (Å²) in [6.45, 7) is 1.55. The quantitative estimate of drug-likeness (QED) is 0.653. The first-order valence-electron chi connectivity index (χ1n) is 6.43. The fourth-order valence-electron chi connectivity index (χ4n) is 1.83. The van der Waals surface area contributed by atoms with Crippen LogP contribution in [0.25, 0.3) is 0 Å². The number of hydrogen-bond acceptors (Lipinski definition) is 7. The molecular formula is C14H12N4OS3. The van der Waals surface area contributed by atoms with Gasteiger partial charge in [0, 0.05) is 18.1 Å². The molecule has 0 fully saturated rings. The van der Waals surface area contributed by atoms with Gasteiger partial charge in [0.25, 0.3) is 0 Å². The molecule has 0 aliphatic carbocycles. The zero-order valence-corrected chi connectivity index (χ0v) is 14.1. The van der Waals surface area contributed by atoms with Crippen LogP contribution < -0.4 is 4.90 Å². The number of amides is 1. The zero-order valence-electron chi connectivity index (χ0n) is 11.7. The van der Waals surface area contributed by atoms with Crippen molar-refractivity contribution in [3.8, 4) is 0 Å². The number of benzene rings is 1. The molecule has 1 aromatic carbocycles. The largest absolute Gasteiger partial charge is 0.274 e. The van der Waals surface area contributed by atoms with Crippen LogP contribution in [0.15, 0.2) is 45.6 Å². The van der Waals surface area contributed by atoms with E-state index >= 15 is 0 Å². The van der Waals surface area contributed by atoms with Gasteiger partial charge in [-0.1, -0.05) is 41.3 Å². The van der Waals surface area contributed by atoms with Crippen LogP contribution in [-0.2, 0) is 10.5 Å². The molecule has 22 heavy (non-hydrogen) atoms. The minimum Gasteiger partial charge on any atom is -0.274 e. The predicted molar refractivity (Wildman–Crippen MR) is 90.8 cm³/mol. The lowest BCUT2D eigenvalue weighted by atomic mass is 10.3. The molecule has 0 aliphatic rings. The second-order valence-electron chi connectivity index (χ2n) is 4.30. The molecule has 3 aromatic rings. The van der Waals surface area contributed by atoms with Crippen molar-refractivity contribution in [3.05, 3.63) is 46.9 Å². The smallest absolute Gasteiger partial charge is 0.230 e. The Bertz CT molecular complexity index is 743. The predicted octanol–water partition coefficient (Wildman–Crippen LogP) is 3.97. The summed E-state index contributed by atoms with van der Waals surface area (Å²) in [6.07, 6.45) is 0. The molecule has 0 atom stereocenters. The third kappa shape index (κ3) is 3.52. The summed E-state index contributed by atoms with van der Waals surface area (Å²) in [5.74, 6) is 0.663. The van der Waals surface area contributed by atoms with Gasteiger partial charge in [0.15, 0.2) is 9.47 Å². The van der Waals surface area contributed by atoms with Gasteiger partial charge in [-0.2, -0.15) is 0 Å². The van der Waals surface area contributed by atoms with Gasteiger partial charge >= 0.3 is 0 Å². The Morgan fingerprint density at radius 1 is 1.27 bits per heavy atom. The fraction of sp³-hybridized carbons (Fsp3) is 0.143. The average Bonchev–Trinajstić information content (AvgIpc) is 3.17. The molecule has 8 heteroatoms. The molecule has 0 spiro atoms. The van der Waals surface area contributed by atoms with Crippen LogP contribution in [0.2, 0.25) is 0 Å². The molecular weight excluding hydrogens is 336 g/mol. The number of anilines is 2. The van der Waals surface area contributed by atoms with E-state index in [1.54, 1.807) is 29.1 Å². The first-order chi connectivity index (χ1) is 10.7. The SMILES string of the molecule is CC(=O)N(c1ccccc1)c1nc(CSc2nncs2)cs1. The van der Waals surface area contributed by atoms with Crippen LogP contribution in [-0.4, -0.2) is 21.1 Å². The Hall–Kier alpha value is -1.77. The molecule has 0 aliphatic heterocycles. The number of hydrogen-bond donors (Lipinski definition) is 0. The Balaban J connectivity index is 1.77. The van der Waals surface area contributed by atoms with E-state index in [-0.39, 0.29) is 5.91 Å². The summed E-state index contributed by atoms with van der Waals surface area (Å²) >= 11 is 4.57. The van der Waals surface area contributed by atoms with E-state index in [9.17, 15) is 4.79 Å². The summed E-state index contributed by atoms with van der Waals surface area (Å²) in [5, 5.41) is 10.5. The first-order valence-corrected chi connectivity index (χ1v) is 9.17. The van der Waals surface area contributed by atoms with Gasteiger partial charge < -0.3 is 0 Å². The van der Waals surface area contributed by atoms with Gasteiger partial charge in [-0.15, -0.1) is 21.5 Å². The van der Waals surface area contributed by atoms with Gasteiger partial charge in [0.05, 0.1) is 11.4 Å². The molecule has 2 aromatic heterocycles. The van der Waals surface area contributed by atoms with Crippen LogP contribution in [0.5, 0.6) is 0 Å². The second kappa shape index (κ2) is 6.99. The zero-order chi connectivity index (χ0) is 15.4. The lowest BCUT2D eigenvalue weighted by Crippen LogP contribution is -2.22. The van der Waals surface area contributed by atoms with Crippen molar-refractivity contribution in [1.82, 2.24) is 15.2 Å². The van der Waals surface area contributed by atoms with Crippen molar-refractivity contribution in [3.63, 3.8) is 0 Å². The van der Waals surface area contributed by atoms with Gasteiger partial charge in [0.1, 0.15) is 5.51 Å². The minimum atomic E-state index is -0.0520. The number of rotatable bonds is 5. The van der Waals surface area contributed by atoms with Crippen LogP contribution in [0, 0.1) is 0 Å². The van der Waals surface area contributed by atoms with E-state index in [2.05, 4.69) is 15.2 Å². The number of para-hydroxylation sites is 1. The van der Waals surface area contributed by atoms with E-state index in [0.717, 1.165) is 15.7 Å². The Morgan fingerprint density at radius 3 is 2.77 bits per heavy atom. The number of thiazole rings is 1. The van der Waals surface area contributed by atoms with Gasteiger partial charge in [-0.3, -0.25) is 9.69 Å². The third-order valence-corrected chi connectivity index (χ3v) is 5.51. The lowest BCUT2D eigenvalue weighted by Gasteiger charge is -2.17. The molecule has 3 rings (SSSR count). The topological polar surface area (TPSA) is 59.0 Å². The lowest BCUT2D eigenvalue weighted by molar-refractivity contribution is -0.115. The maximum Gasteiger partial charge on any atom is 0.230 e. The molecule has 112 valence electrons. The normalized spacial score (nSPS) is 10.6. The monoisotopic (exact) mass is 348 g/mol. The van der Waals surface area contributed by atoms with E-state index in [4.69, 9.17) is 0 Å². The van der Waals surface area contributed by atoms with Crippen LogP contribution in [0.1, 0.15) is 12.6 Å². The van der Waals surface area contributed by atoms with Gasteiger partial charge in [-0.25, -0.2) is 4.98 Å². The summed E-state index contributed by atoms with van der Waals surface area (Å²) < 4.78 is 0.918. The van der Waals surface area contributed by atoms with Crippen LogP contribution in [0.3, 0.4) is 0 Å². The van der Waals surface area contributed by atoms with Gasteiger partial charge in [0.2, 0.25) is 5.91 Å². The highest BCUT2D eigenvalue weighted by Crippen LogP contribution is 2.31. The van der Waals surface area contributed by atoms with E-state index in [1.807, 2.05) is 35.7 Å². The molecule has 2 heterocycles. The number of aromatic nitrogens is 3. The molecule has 5 nitrogen and oxygen atoms in total. The van der Waals surface area contributed by atoms with Crippen molar-refractivity contribution in [2.45, 2.75) is 17.0 Å². The van der Waals surface area contributed by atoms with E-state index in [1.165, 1.54) is 22.7 Å². The Morgan fingerprint density at radius 2 is 2.09 bits per heavy atom. The second-order valence-corrected chi connectivity index (χ2v) is 7.20. The maximum absolute atomic E-state index is 12.0. The summed E-state index contributed by atoms with van der Waals surface area (Å²) in [4.78, 5) is 18.2. The van der Waals surface area contributed by atoms with E-state index in [0.29, 0.717) is 10.9 Å². The van der Waals surface area contributed by atoms with Crippen LogP contribution in [0.4, 0.5) is 10.8 Å². The first kappa shape index (κ1) is 15.1. The van der Waals surface area contributed by atoms with Crippen molar-refractivity contribution >= 4 is 51.2 Å². The molecule has 0 saturated carbocycles. The van der Waals surface area contributed by atoms with Crippen molar-refractivity contribution in [1.29, 1.82) is 0 Å². The summed E-state index contributed by atoms with van der Waals surface area (Å²) in [7, 11) is 0. The molecule has 0 unspecified atom stereocenters. The number of thioether (sulfide) groups is 1. The molecule has 0 bridgehead atoms. The molecule has 0 radical (unpaired) electrons. The standard InChI is InChI=1S/C14H12N4OS3/c1-10(19)18(12-5-3-2-4-6-12)13-16-11(7-20-13)8-21-14-17-15-9-22-14/h2-7,9H,8H2,1H3. The molecule has 0 saturated heterocycles. The minimum absolute atomic E-state index is 0.0520. The van der Waals surface area contributed by atoms with Crippen molar-refractivity contribution < 1.29 is 4.79 Å². The summed E-state index contributed by atoms with van der Waals surface area (Å²) in [5.41, 5.74) is 3.47. The van der Waals surface area contributed by atoms with Crippen molar-refractivity contribution in [2.75, 3.05) is 4.90 Å². The Kier molecular flexibility index (Phi) is 4.81. The number of nitrogens with zero attached hydrogens (tertiary/aromatic N) is 4. The highest BCUT2D eigenvalue weighted by Gasteiger charge is 2.17. The van der Waals surface area contributed by atoms with E-state index < -0.39 is 0 Å². The van der Waals surface area contributed by atoms with Gasteiger partial charge in [-0.05, 0) is 12.1 Å². The summed E-state index contributed by atoms with van der Waals surface area (Å²) in [6, 6.07) is 9.54. The highest BCUT2D eigenvalue weighted by molar-refractivity contribution is 8.00. The molecule has 1 amide bonds. The van der Waals surface area contributed by atoms with Crippen molar-refractivity contribution in [2.24, 2.45) is 0 Å². The number of carbonyl (C=O) groups excluding carboxylic acids is 1. The number of carbonyl (C=O) groups is 1.